The minimum absolute atomic E-state index is 0. The van der Waals surface area contributed by atoms with E-state index in [1.54, 1.807) is 0 Å². The van der Waals surface area contributed by atoms with E-state index in [1.165, 1.54) is 6.21 Å². The molecule has 0 atom stereocenters. The van der Waals surface area contributed by atoms with Crippen LogP contribution in [0.5, 0.6) is 5.88 Å². The lowest BCUT2D eigenvalue weighted by atomic mass is 10.3. The zero-order valence-electron chi connectivity index (χ0n) is 10.5. The number of aromatic amines is 2. The molecule has 1 aromatic rings. The van der Waals surface area contributed by atoms with Crippen LogP contribution in [-0.4, -0.2) is 60.0 Å². The summed E-state index contributed by atoms with van der Waals surface area (Å²) in [5.41, 5.74) is -0.347. The summed E-state index contributed by atoms with van der Waals surface area (Å²) in [5.74, 6) is -0.257. The standard InChI is InChI=1S/C10H16N4O2S.ClH/c1-14(2,3)5-4-11-6-7-8(15)12-10(17)13-9(7)16;/h6H,4-5H2,1-3H3,(H2-,11,12,13,15,16,17);1H. The molecular formula is C10H17ClN4O2S. The van der Waals surface area contributed by atoms with Gasteiger partial charge in [0.05, 0.1) is 34.2 Å². The van der Waals surface area contributed by atoms with Gasteiger partial charge in [-0.05, 0) is 12.2 Å². The van der Waals surface area contributed by atoms with Crippen molar-refractivity contribution in [3.8, 4) is 5.88 Å². The third-order valence-corrected chi connectivity index (χ3v) is 2.28. The molecular weight excluding hydrogens is 276 g/mol. The van der Waals surface area contributed by atoms with Gasteiger partial charge in [0.1, 0.15) is 5.56 Å². The lowest BCUT2D eigenvalue weighted by Crippen LogP contribution is -3.00. The molecule has 0 spiro atoms. The van der Waals surface area contributed by atoms with Crippen LogP contribution in [0.25, 0.3) is 0 Å². The molecule has 0 fully saturated rings. The normalized spacial score (nSPS) is 11.5. The van der Waals surface area contributed by atoms with Crippen LogP contribution in [-0.2, 0) is 0 Å². The van der Waals surface area contributed by atoms with Crippen LogP contribution in [0.15, 0.2) is 9.79 Å². The van der Waals surface area contributed by atoms with Gasteiger partial charge in [0.15, 0.2) is 4.77 Å². The third kappa shape index (κ3) is 5.44. The Labute approximate surface area is 116 Å². The summed E-state index contributed by atoms with van der Waals surface area (Å²) in [7, 11) is 6.17. The van der Waals surface area contributed by atoms with Crippen molar-refractivity contribution in [3.05, 3.63) is 20.7 Å². The number of rotatable bonds is 4. The molecule has 1 heterocycles. The Morgan fingerprint density at radius 2 is 2.00 bits per heavy atom. The summed E-state index contributed by atoms with van der Waals surface area (Å²) in [6, 6.07) is 0. The number of halogens is 1. The molecule has 0 bridgehead atoms. The second-order valence-electron chi connectivity index (χ2n) is 4.72. The zero-order chi connectivity index (χ0) is 13.1. The SMILES string of the molecule is C[N+](C)(C)CCN=Cc1c(O)[nH]c(=S)[nH]c1=O.[Cl-]. The number of aromatic hydroxyl groups is 1. The van der Waals surface area contributed by atoms with Gasteiger partial charge in [-0.3, -0.25) is 14.8 Å². The maximum atomic E-state index is 11.5. The molecule has 0 aliphatic rings. The van der Waals surface area contributed by atoms with Crippen molar-refractivity contribution in [2.75, 3.05) is 34.2 Å². The van der Waals surface area contributed by atoms with Crippen LogP contribution in [0.3, 0.4) is 0 Å². The van der Waals surface area contributed by atoms with Gasteiger partial charge >= 0.3 is 0 Å². The first-order valence-electron chi connectivity index (χ1n) is 5.15. The molecule has 1 rings (SSSR count). The zero-order valence-corrected chi connectivity index (χ0v) is 12.1. The van der Waals surface area contributed by atoms with Gasteiger partial charge in [-0.15, -0.1) is 0 Å². The smallest absolute Gasteiger partial charge is 0.264 e. The van der Waals surface area contributed by atoms with E-state index < -0.39 is 5.56 Å². The predicted molar refractivity (Wildman–Crippen MR) is 69.3 cm³/mol. The largest absolute Gasteiger partial charge is 1.00 e. The second kappa shape index (κ2) is 6.67. The third-order valence-electron chi connectivity index (χ3n) is 2.08. The Hall–Kier alpha value is -1.18. The van der Waals surface area contributed by atoms with Crippen molar-refractivity contribution in [2.45, 2.75) is 0 Å². The summed E-state index contributed by atoms with van der Waals surface area (Å²) < 4.78 is 0.882. The van der Waals surface area contributed by atoms with Crippen LogP contribution in [0.1, 0.15) is 5.56 Å². The van der Waals surface area contributed by atoms with Gasteiger partial charge in [0, 0.05) is 6.21 Å². The maximum absolute atomic E-state index is 11.5. The number of likely N-dealkylation sites (N-methyl/N-ethyl adjacent to an activating group) is 1. The lowest BCUT2D eigenvalue weighted by molar-refractivity contribution is -0.868. The molecule has 0 aromatic carbocycles. The topological polar surface area (TPSA) is 81.2 Å². The van der Waals surface area contributed by atoms with Crippen molar-refractivity contribution in [3.63, 3.8) is 0 Å². The van der Waals surface area contributed by atoms with E-state index in [1.807, 2.05) is 0 Å². The lowest BCUT2D eigenvalue weighted by Gasteiger charge is -2.22. The molecule has 0 saturated carbocycles. The van der Waals surface area contributed by atoms with Crippen LogP contribution < -0.4 is 18.0 Å². The van der Waals surface area contributed by atoms with E-state index >= 15 is 0 Å². The average molecular weight is 293 g/mol. The molecule has 102 valence electrons. The van der Waals surface area contributed by atoms with Gasteiger partial charge in [0.2, 0.25) is 5.88 Å². The minimum Gasteiger partial charge on any atom is -1.00 e. The minimum atomic E-state index is -0.444. The molecule has 0 unspecified atom stereocenters. The van der Waals surface area contributed by atoms with E-state index in [-0.39, 0.29) is 28.6 Å². The highest BCUT2D eigenvalue weighted by Crippen LogP contribution is 2.03. The fraction of sp³-hybridized carbons (Fsp3) is 0.500. The number of aliphatic imine (C=N–C) groups is 1. The Kier molecular flexibility index (Phi) is 6.23. The first-order chi connectivity index (χ1) is 7.79. The number of aromatic nitrogens is 2. The predicted octanol–water partition coefficient (Wildman–Crippen LogP) is -2.73. The molecule has 0 amide bonds. The molecule has 18 heavy (non-hydrogen) atoms. The van der Waals surface area contributed by atoms with Gasteiger partial charge in [-0.25, -0.2) is 0 Å². The van der Waals surface area contributed by atoms with Crippen molar-refractivity contribution in [1.82, 2.24) is 9.97 Å². The van der Waals surface area contributed by atoms with Crippen molar-refractivity contribution >= 4 is 18.4 Å². The highest BCUT2D eigenvalue weighted by atomic mass is 35.5. The summed E-state index contributed by atoms with van der Waals surface area (Å²) in [6.45, 7) is 1.43. The molecule has 0 aliphatic carbocycles. The Morgan fingerprint density at radius 1 is 1.39 bits per heavy atom. The molecule has 3 N–H and O–H groups in total. The first-order valence-corrected chi connectivity index (χ1v) is 5.56. The molecule has 0 radical (unpaired) electrons. The van der Waals surface area contributed by atoms with E-state index in [0.29, 0.717) is 6.54 Å². The quantitative estimate of drug-likeness (QED) is 0.320. The number of quaternary nitrogens is 1. The number of nitrogens with one attached hydrogen (secondary N) is 2. The monoisotopic (exact) mass is 292 g/mol. The fourth-order valence-corrected chi connectivity index (χ4v) is 1.31. The van der Waals surface area contributed by atoms with Crippen LogP contribution >= 0.6 is 12.2 Å². The Morgan fingerprint density at radius 3 is 2.50 bits per heavy atom. The highest BCUT2D eigenvalue weighted by molar-refractivity contribution is 7.71. The maximum Gasteiger partial charge on any atom is 0.264 e. The molecule has 0 saturated heterocycles. The molecule has 8 heteroatoms. The van der Waals surface area contributed by atoms with Gasteiger partial charge in [0.25, 0.3) is 5.56 Å². The first kappa shape index (κ1) is 16.8. The summed E-state index contributed by atoms with van der Waals surface area (Å²) in [5, 5.41) is 9.49. The van der Waals surface area contributed by atoms with E-state index in [9.17, 15) is 9.90 Å². The van der Waals surface area contributed by atoms with Crippen LogP contribution in [0.2, 0.25) is 0 Å². The summed E-state index contributed by atoms with van der Waals surface area (Å²) in [6.07, 6.45) is 1.36. The molecule has 6 nitrogen and oxygen atoms in total. The number of hydrogen-bond acceptors (Lipinski definition) is 4. The van der Waals surface area contributed by atoms with Crippen molar-refractivity contribution in [1.29, 1.82) is 0 Å². The van der Waals surface area contributed by atoms with Crippen molar-refractivity contribution < 1.29 is 22.0 Å². The van der Waals surface area contributed by atoms with E-state index in [0.717, 1.165) is 11.0 Å². The van der Waals surface area contributed by atoms with E-state index in [4.69, 9.17) is 12.2 Å². The number of hydrogen-bond donors (Lipinski definition) is 3. The van der Waals surface area contributed by atoms with Gasteiger partial charge < -0.3 is 27.0 Å². The van der Waals surface area contributed by atoms with Gasteiger partial charge in [-0.2, -0.15) is 0 Å². The number of H-pyrrole nitrogens is 2. The highest BCUT2D eigenvalue weighted by Gasteiger charge is 2.06. The molecule has 0 aliphatic heterocycles. The van der Waals surface area contributed by atoms with E-state index in [2.05, 4.69) is 36.1 Å². The van der Waals surface area contributed by atoms with Crippen molar-refractivity contribution in [2.24, 2.45) is 4.99 Å². The Bertz CT molecular complexity index is 530. The fourth-order valence-electron chi connectivity index (χ4n) is 1.12. The molecule has 1 aromatic heterocycles. The number of nitrogens with zero attached hydrogens (tertiary/aromatic N) is 2. The summed E-state index contributed by atoms with van der Waals surface area (Å²) >= 11 is 4.71. The average Bonchev–Trinajstić information content (AvgIpc) is 2.13. The van der Waals surface area contributed by atoms with Crippen LogP contribution in [0, 0.1) is 4.77 Å². The van der Waals surface area contributed by atoms with Gasteiger partial charge in [-0.1, -0.05) is 0 Å². The Balaban J connectivity index is 0.00000289. The second-order valence-corrected chi connectivity index (χ2v) is 5.13. The van der Waals surface area contributed by atoms with Crippen LogP contribution in [0.4, 0.5) is 0 Å². The summed E-state index contributed by atoms with van der Waals surface area (Å²) in [4.78, 5) is 20.4.